The van der Waals surface area contributed by atoms with Crippen molar-refractivity contribution in [3.8, 4) is 6.07 Å². The van der Waals surface area contributed by atoms with Crippen LogP contribution in [0.4, 0.5) is 17.6 Å². The van der Waals surface area contributed by atoms with Gasteiger partial charge in [-0.15, -0.1) is 0 Å². The summed E-state index contributed by atoms with van der Waals surface area (Å²) in [7, 11) is 0. The number of hydrogen-bond acceptors (Lipinski definition) is 4. The highest BCUT2D eigenvalue weighted by Crippen LogP contribution is 2.36. The Hall–Kier alpha value is -2.58. The largest absolute Gasteiger partial charge is 0.416 e. The predicted molar refractivity (Wildman–Crippen MR) is 110 cm³/mol. The first-order chi connectivity index (χ1) is 13.9. The van der Waals surface area contributed by atoms with Crippen LogP contribution in [0.1, 0.15) is 29.2 Å². The lowest BCUT2D eigenvalue weighted by atomic mass is 9.80. The van der Waals surface area contributed by atoms with Crippen LogP contribution in [0.5, 0.6) is 0 Å². The van der Waals surface area contributed by atoms with Crippen molar-refractivity contribution in [2.45, 2.75) is 32.0 Å². The van der Waals surface area contributed by atoms with Crippen molar-refractivity contribution in [3.05, 3.63) is 56.8 Å². The Bertz CT molecular complexity index is 1210. The minimum atomic E-state index is -4.62. The highest BCUT2D eigenvalue weighted by Gasteiger charge is 2.36. The summed E-state index contributed by atoms with van der Waals surface area (Å²) in [5.74, 6) is -0.622. The van der Waals surface area contributed by atoms with Crippen molar-refractivity contribution < 1.29 is 17.6 Å². The molecule has 0 aliphatic rings. The van der Waals surface area contributed by atoms with Gasteiger partial charge in [0.25, 0.3) is 0 Å². The van der Waals surface area contributed by atoms with Gasteiger partial charge in [-0.05, 0) is 59.1 Å². The van der Waals surface area contributed by atoms with Gasteiger partial charge < -0.3 is 5.73 Å². The molecular weight excluding hydrogens is 486 g/mol. The Balaban J connectivity index is 2.16. The minimum Gasteiger partial charge on any atom is -0.389 e. The molecule has 2 N–H and O–H groups in total. The van der Waals surface area contributed by atoms with E-state index in [-0.39, 0.29) is 38.2 Å². The summed E-state index contributed by atoms with van der Waals surface area (Å²) in [5, 5.41) is 18.2. The third-order valence-electron chi connectivity index (χ3n) is 4.70. The lowest BCUT2D eigenvalue weighted by Gasteiger charge is -2.25. The molecule has 3 rings (SSSR count). The van der Waals surface area contributed by atoms with E-state index in [0.29, 0.717) is 5.56 Å². The van der Waals surface area contributed by atoms with Crippen LogP contribution in [0.15, 0.2) is 28.7 Å². The number of alkyl halides is 3. The highest BCUT2D eigenvalue weighted by atomic mass is 79.9. The van der Waals surface area contributed by atoms with E-state index in [4.69, 9.17) is 18.0 Å². The number of nitriles is 1. The maximum absolute atomic E-state index is 14.4. The number of benzene rings is 2. The van der Waals surface area contributed by atoms with Crippen LogP contribution >= 0.6 is 28.1 Å². The molecule has 0 fully saturated rings. The predicted octanol–water partition coefficient (Wildman–Crippen LogP) is 4.78. The summed E-state index contributed by atoms with van der Waals surface area (Å²) in [4.78, 5) is 0.949. The van der Waals surface area contributed by atoms with Gasteiger partial charge in [-0.2, -0.15) is 33.4 Å². The first-order valence-electron chi connectivity index (χ1n) is 8.49. The lowest BCUT2D eigenvalue weighted by Crippen LogP contribution is -2.31. The van der Waals surface area contributed by atoms with E-state index in [9.17, 15) is 22.8 Å². The summed E-state index contributed by atoms with van der Waals surface area (Å²) in [5.41, 5.74) is 4.26. The zero-order valence-electron chi connectivity index (χ0n) is 15.7. The fourth-order valence-corrected chi connectivity index (χ4v) is 3.83. The number of aryl methyl sites for hydroxylation is 1. The van der Waals surface area contributed by atoms with Crippen molar-refractivity contribution in [1.82, 2.24) is 15.0 Å². The summed E-state index contributed by atoms with van der Waals surface area (Å²) in [6.45, 7) is 2.90. The highest BCUT2D eigenvalue weighted by molar-refractivity contribution is 9.10. The summed E-state index contributed by atoms with van der Waals surface area (Å²) >= 11 is 8.06. The Morgan fingerprint density at radius 2 is 1.90 bits per heavy atom. The number of hydrogen-bond donors (Lipinski definition) is 1. The van der Waals surface area contributed by atoms with E-state index in [0.717, 1.165) is 23.0 Å². The van der Waals surface area contributed by atoms with E-state index in [1.807, 2.05) is 6.07 Å². The Kier molecular flexibility index (Phi) is 5.60. The minimum absolute atomic E-state index is 0.00736. The number of nitrogens with two attached hydrogens (primary N) is 1. The first kappa shape index (κ1) is 22.1. The molecule has 0 amide bonds. The van der Waals surface area contributed by atoms with Gasteiger partial charge >= 0.3 is 6.18 Å². The Labute approximate surface area is 182 Å². The summed E-state index contributed by atoms with van der Waals surface area (Å²) in [6.07, 6.45) is -4.62. The molecule has 2 aromatic carbocycles. The normalized spacial score (nSPS) is 13.8. The molecule has 3 aromatic rings. The molecule has 1 unspecified atom stereocenters. The average molecular weight is 500 g/mol. The van der Waals surface area contributed by atoms with Gasteiger partial charge in [-0.25, -0.2) is 4.39 Å². The molecule has 0 saturated heterocycles. The topological polar surface area (TPSA) is 80.5 Å². The molecule has 11 heteroatoms. The van der Waals surface area contributed by atoms with E-state index in [2.05, 4.69) is 26.1 Å². The number of aromatic nitrogens is 3. The van der Waals surface area contributed by atoms with E-state index in [1.54, 1.807) is 6.92 Å². The van der Waals surface area contributed by atoms with Crippen LogP contribution in [-0.2, 0) is 18.1 Å². The Morgan fingerprint density at radius 3 is 2.47 bits per heavy atom. The van der Waals surface area contributed by atoms with Gasteiger partial charge in [0, 0.05) is 5.56 Å². The second-order valence-electron chi connectivity index (χ2n) is 6.98. The molecule has 0 aliphatic heterocycles. The Morgan fingerprint density at radius 1 is 1.27 bits per heavy atom. The second kappa shape index (κ2) is 7.59. The van der Waals surface area contributed by atoms with Crippen LogP contribution in [0.2, 0.25) is 0 Å². The third kappa shape index (κ3) is 3.89. The zero-order chi connectivity index (χ0) is 22.4. The van der Waals surface area contributed by atoms with Crippen molar-refractivity contribution in [2.75, 3.05) is 0 Å². The maximum atomic E-state index is 14.4. The molecule has 1 atom stereocenters. The molecule has 156 valence electrons. The van der Waals surface area contributed by atoms with Crippen molar-refractivity contribution in [3.63, 3.8) is 0 Å². The van der Waals surface area contributed by atoms with Gasteiger partial charge in [0.05, 0.1) is 22.7 Å². The molecule has 0 aliphatic carbocycles. The molecule has 1 aromatic heterocycles. The fourth-order valence-electron chi connectivity index (χ4n) is 3.12. The molecule has 0 radical (unpaired) electrons. The van der Waals surface area contributed by atoms with Gasteiger partial charge in [0.2, 0.25) is 0 Å². The molecule has 0 bridgehead atoms. The molecule has 5 nitrogen and oxygen atoms in total. The van der Waals surface area contributed by atoms with Gasteiger partial charge in [0.15, 0.2) is 5.82 Å². The van der Waals surface area contributed by atoms with Crippen molar-refractivity contribution in [2.24, 2.45) is 5.73 Å². The van der Waals surface area contributed by atoms with Crippen molar-refractivity contribution in [1.29, 1.82) is 5.26 Å². The maximum Gasteiger partial charge on any atom is 0.416 e. The van der Waals surface area contributed by atoms with Crippen LogP contribution < -0.4 is 5.73 Å². The van der Waals surface area contributed by atoms with Gasteiger partial charge in [-0.3, -0.25) is 0 Å². The average Bonchev–Trinajstić information content (AvgIpc) is 3.09. The molecule has 30 heavy (non-hydrogen) atoms. The number of nitrogens with zero attached hydrogens (tertiary/aromatic N) is 4. The molecule has 0 saturated carbocycles. The number of thiocarbonyl (C=S) groups is 1. The van der Waals surface area contributed by atoms with Crippen LogP contribution in [0.25, 0.3) is 11.0 Å². The van der Waals surface area contributed by atoms with E-state index in [1.165, 1.54) is 13.0 Å². The monoisotopic (exact) mass is 499 g/mol. The summed E-state index contributed by atoms with van der Waals surface area (Å²) in [6, 6.07) is 6.40. The van der Waals surface area contributed by atoms with Crippen molar-refractivity contribution >= 4 is 44.2 Å². The zero-order valence-corrected chi connectivity index (χ0v) is 18.1. The van der Waals surface area contributed by atoms with Gasteiger partial charge in [0.1, 0.15) is 21.4 Å². The first-order valence-corrected chi connectivity index (χ1v) is 9.69. The van der Waals surface area contributed by atoms with Gasteiger partial charge in [-0.1, -0.05) is 18.3 Å². The van der Waals surface area contributed by atoms with Crippen LogP contribution in [0.3, 0.4) is 0 Å². The third-order valence-corrected chi connectivity index (χ3v) is 5.50. The fraction of sp³-hybridized carbons (Fsp3) is 0.263. The number of rotatable bonds is 4. The quantitative estimate of drug-likeness (QED) is 0.412. The smallest absolute Gasteiger partial charge is 0.389 e. The SMILES string of the molecule is Cc1cc(Br)c(F)c2nn(CC(C)(C#N)c3cc(C(F)(F)F)ccc3C(N)=S)nc12. The molecule has 1 heterocycles. The second-order valence-corrected chi connectivity index (χ2v) is 8.28. The van der Waals surface area contributed by atoms with E-state index < -0.39 is 23.0 Å². The number of halogens is 5. The summed E-state index contributed by atoms with van der Waals surface area (Å²) < 4.78 is 54.4. The molecular formula is C19H14BrF4N5S. The number of fused-ring (bicyclic) bond motifs is 1. The lowest BCUT2D eigenvalue weighted by molar-refractivity contribution is -0.137. The van der Waals surface area contributed by atoms with Crippen LogP contribution in [-0.4, -0.2) is 20.0 Å². The van der Waals surface area contributed by atoms with Crippen LogP contribution in [0, 0.1) is 24.1 Å². The molecule has 0 spiro atoms. The van der Waals surface area contributed by atoms with E-state index >= 15 is 0 Å². The standard InChI is InChI=1S/C19H14BrF4N5S/c1-9-5-13(20)14(21)16-15(9)27-29(28-16)8-18(2,7-25)12-6-10(19(22,23)24)3-4-11(12)17(26)30/h3-6H,8H2,1-2H3,(H2,26,30).